The first-order valence-electron chi connectivity index (χ1n) is 7.34. The lowest BCUT2D eigenvalue weighted by molar-refractivity contribution is -0.156. The smallest absolute Gasteiger partial charge is 0.248 e. The van der Waals surface area contributed by atoms with Crippen molar-refractivity contribution in [2.45, 2.75) is 72.4 Å². The molecule has 110 valence electrons. The Bertz CT molecular complexity index is 365. The highest BCUT2D eigenvalue weighted by Crippen LogP contribution is 2.28. The minimum atomic E-state index is -0.743. The first-order chi connectivity index (χ1) is 8.70. The van der Waals surface area contributed by atoms with Gasteiger partial charge in [0.05, 0.1) is 0 Å². The van der Waals surface area contributed by atoms with E-state index in [2.05, 4.69) is 26.1 Å². The van der Waals surface area contributed by atoms with Crippen molar-refractivity contribution in [1.82, 2.24) is 10.2 Å². The number of carbonyl (C=O) groups is 2. The minimum absolute atomic E-state index is 0.0154. The van der Waals surface area contributed by atoms with Gasteiger partial charge >= 0.3 is 0 Å². The maximum atomic E-state index is 12.7. The van der Waals surface area contributed by atoms with Gasteiger partial charge in [-0.15, -0.1) is 0 Å². The number of carbonyl (C=O) groups excluding carboxylic acids is 2. The molecule has 0 aliphatic carbocycles. The second-order valence-corrected chi connectivity index (χ2v) is 6.55. The molecule has 1 N–H and O–H groups in total. The van der Waals surface area contributed by atoms with E-state index in [1.807, 2.05) is 20.8 Å². The van der Waals surface area contributed by atoms with Gasteiger partial charge < -0.3 is 10.2 Å². The largest absolute Gasteiger partial charge is 0.340 e. The Morgan fingerprint density at radius 1 is 1.26 bits per heavy atom. The molecule has 1 saturated heterocycles. The van der Waals surface area contributed by atoms with Gasteiger partial charge in [0.25, 0.3) is 0 Å². The van der Waals surface area contributed by atoms with E-state index >= 15 is 0 Å². The summed E-state index contributed by atoms with van der Waals surface area (Å²) in [5.41, 5.74) is -0.706. The number of rotatable bonds is 5. The zero-order valence-electron chi connectivity index (χ0n) is 13.2. The molecule has 0 aromatic heterocycles. The monoisotopic (exact) mass is 268 g/mol. The van der Waals surface area contributed by atoms with E-state index in [-0.39, 0.29) is 23.3 Å². The van der Waals surface area contributed by atoms with Crippen molar-refractivity contribution >= 4 is 11.8 Å². The number of piperazine rings is 1. The summed E-state index contributed by atoms with van der Waals surface area (Å²) < 4.78 is 0. The molecule has 1 aliphatic rings. The lowest BCUT2D eigenvalue weighted by Gasteiger charge is -2.46. The number of amides is 2. The molecule has 2 amide bonds. The third-order valence-electron chi connectivity index (χ3n) is 4.46. The third kappa shape index (κ3) is 3.10. The Hall–Kier alpha value is -1.06. The van der Waals surface area contributed by atoms with Gasteiger partial charge in [0, 0.05) is 6.54 Å². The van der Waals surface area contributed by atoms with E-state index in [4.69, 9.17) is 0 Å². The van der Waals surface area contributed by atoms with Gasteiger partial charge in [-0.25, -0.2) is 0 Å². The highest BCUT2D eigenvalue weighted by molar-refractivity contribution is 5.99. The van der Waals surface area contributed by atoms with Gasteiger partial charge in [-0.05, 0) is 31.6 Å². The maximum absolute atomic E-state index is 12.7. The summed E-state index contributed by atoms with van der Waals surface area (Å²) in [5.74, 6) is 0.0429. The van der Waals surface area contributed by atoms with Crippen LogP contribution in [-0.2, 0) is 9.59 Å². The second kappa shape index (κ2) is 5.51. The van der Waals surface area contributed by atoms with Gasteiger partial charge in [-0.1, -0.05) is 34.6 Å². The Kier molecular flexibility index (Phi) is 4.64. The molecule has 0 aromatic carbocycles. The SMILES string of the molecule is CCC1C(=O)NC(C)(CC)C(=O)N1CC(C)(C)CC. The Morgan fingerprint density at radius 2 is 1.84 bits per heavy atom. The molecule has 1 fully saturated rings. The fourth-order valence-corrected chi connectivity index (χ4v) is 2.41. The van der Waals surface area contributed by atoms with Crippen LogP contribution >= 0.6 is 0 Å². The Morgan fingerprint density at radius 3 is 2.26 bits per heavy atom. The molecule has 0 bridgehead atoms. The molecule has 1 aliphatic heterocycles. The van der Waals surface area contributed by atoms with E-state index in [1.165, 1.54) is 0 Å². The van der Waals surface area contributed by atoms with E-state index < -0.39 is 5.54 Å². The van der Waals surface area contributed by atoms with Crippen molar-refractivity contribution in [3.05, 3.63) is 0 Å². The van der Waals surface area contributed by atoms with Crippen LogP contribution in [-0.4, -0.2) is 34.8 Å². The van der Waals surface area contributed by atoms with Crippen LogP contribution in [0.3, 0.4) is 0 Å². The fourth-order valence-electron chi connectivity index (χ4n) is 2.41. The number of hydrogen-bond acceptors (Lipinski definition) is 2. The normalized spacial score (nSPS) is 28.5. The van der Waals surface area contributed by atoms with E-state index in [0.717, 1.165) is 6.42 Å². The highest BCUT2D eigenvalue weighted by Gasteiger charge is 2.47. The fraction of sp³-hybridized carbons (Fsp3) is 0.867. The zero-order chi connectivity index (χ0) is 14.8. The summed E-state index contributed by atoms with van der Waals surface area (Å²) in [4.78, 5) is 26.7. The van der Waals surface area contributed by atoms with Crippen LogP contribution < -0.4 is 5.32 Å². The predicted molar refractivity (Wildman–Crippen MR) is 76.7 cm³/mol. The van der Waals surface area contributed by atoms with Gasteiger partial charge in [0.2, 0.25) is 11.8 Å². The molecule has 19 heavy (non-hydrogen) atoms. The van der Waals surface area contributed by atoms with Crippen molar-refractivity contribution < 1.29 is 9.59 Å². The molecule has 0 spiro atoms. The van der Waals surface area contributed by atoms with E-state index in [9.17, 15) is 9.59 Å². The quantitative estimate of drug-likeness (QED) is 0.832. The number of nitrogens with one attached hydrogen (secondary N) is 1. The average Bonchev–Trinajstić information content (AvgIpc) is 2.36. The molecular weight excluding hydrogens is 240 g/mol. The van der Waals surface area contributed by atoms with Crippen molar-refractivity contribution in [3.63, 3.8) is 0 Å². The topological polar surface area (TPSA) is 49.4 Å². The first kappa shape index (κ1) is 16.0. The standard InChI is InChI=1S/C15H28N2O2/c1-7-11-12(18)16-15(6,9-3)13(19)17(11)10-14(4,5)8-2/h11H,7-10H2,1-6H3,(H,16,18). The highest BCUT2D eigenvalue weighted by atomic mass is 16.2. The maximum Gasteiger partial charge on any atom is 0.248 e. The molecule has 2 atom stereocenters. The molecular formula is C15H28N2O2. The Labute approximate surface area is 116 Å². The predicted octanol–water partition coefficient (Wildman–Crippen LogP) is 2.33. The lowest BCUT2D eigenvalue weighted by atomic mass is 9.85. The summed E-state index contributed by atoms with van der Waals surface area (Å²) in [6.07, 6.45) is 2.27. The van der Waals surface area contributed by atoms with Crippen LogP contribution in [0.1, 0.15) is 60.8 Å². The van der Waals surface area contributed by atoms with Gasteiger partial charge in [0.1, 0.15) is 11.6 Å². The van der Waals surface area contributed by atoms with Gasteiger partial charge in [-0.3, -0.25) is 9.59 Å². The van der Waals surface area contributed by atoms with E-state index in [1.54, 1.807) is 4.90 Å². The summed E-state index contributed by atoms with van der Waals surface area (Å²) in [6, 6.07) is -0.321. The molecule has 4 nitrogen and oxygen atoms in total. The second-order valence-electron chi connectivity index (χ2n) is 6.55. The van der Waals surface area contributed by atoms with Crippen LogP contribution in [0.2, 0.25) is 0 Å². The number of hydrogen-bond donors (Lipinski definition) is 1. The van der Waals surface area contributed by atoms with E-state index in [0.29, 0.717) is 19.4 Å². The minimum Gasteiger partial charge on any atom is -0.340 e. The molecule has 0 aromatic rings. The molecule has 0 saturated carbocycles. The summed E-state index contributed by atoms with van der Waals surface area (Å²) in [6.45, 7) is 12.8. The Balaban J connectivity index is 3.06. The summed E-state index contributed by atoms with van der Waals surface area (Å²) >= 11 is 0. The van der Waals surface area contributed by atoms with Crippen molar-refractivity contribution in [2.75, 3.05) is 6.54 Å². The van der Waals surface area contributed by atoms with Crippen LogP contribution in [0.4, 0.5) is 0 Å². The van der Waals surface area contributed by atoms with Gasteiger partial charge in [-0.2, -0.15) is 0 Å². The summed E-state index contributed by atoms with van der Waals surface area (Å²) in [7, 11) is 0. The lowest BCUT2D eigenvalue weighted by Crippen LogP contribution is -2.69. The molecule has 1 heterocycles. The van der Waals surface area contributed by atoms with Crippen LogP contribution in [0, 0.1) is 5.41 Å². The average molecular weight is 268 g/mol. The third-order valence-corrected chi connectivity index (χ3v) is 4.46. The number of nitrogens with zero attached hydrogens (tertiary/aromatic N) is 1. The van der Waals surface area contributed by atoms with Crippen molar-refractivity contribution in [2.24, 2.45) is 5.41 Å². The van der Waals surface area contributed by atoms with Crippen molar-refractivity contribution in [3.8, 4) is 0 Å². The molecule has 1 rings (SSSR count). The zero-order valence-corrected chi connectivity index (χ0v) is 13.2. The molecule has 2 unspecified atom stereocenters. The summed E-state index contributed by atoms with van der Waals surface area (Å²) in [5, 5.41) is 2.90. The first-order valence-corrected chi connectivity index (χ1v) is 7.34. The van der Waals surface area contributed by atoms with Crippen LogP contribution in [0.25, 0.3) is 0 Å². The molecule has 0 radical (unpaired) electrons. The van der Waals surface area contributed by atoms with Crippen LogP contribution in [0.5, 0.6) is 0 Å². The van der Waals surface area contributed by atoms with Crippen molar-refractivity contribution in [1.29, 1.82) is 0 Å². The van der Waals surface area contributed by atoms with Gasteiger partial charge in [0.15, 0.2) is 0 Å². The van der Waals surface area contributed by atoms with Crippen LogP contribution in [0.15, 0.2) is 0 Å². The molecule has 4 heteroatoms.